The van der Waals surface area contributed by atoms with E-state index in [0.717, 1.165) is 13.2 Å². The van der Waals surface area contributed by atoms with E-state index in [1.807, 2.05) is 0 Å². The van der Waals surface area contributed by atoms with Crippen molar-refractivity contribution in [3.63, 3.8) is 0 Å². The molecule has 0 saturated carbocycles. The molecular formula is C17H37NO. The van der Waals surface area contributed by atoms with Crippen molar-refractivity contribution in [1.82, 2.24) is 5.32 Å². The first-order valence-corrected chi connectivity index (χ1v) is 8.11. The van der Waals surface area contributed by atoms with Gasteiger partial charge in [-0.25, -0.2) is 0 Å². The first-order valence-electron chi connectivity index (χ1n) is 8.11. The summed E-state index contributed by atoms with van der Waals surface area (Å²) in [5, 5.41) is 3.71. The molecule has 0 saturated heterocycles. The van der Waals surface area contributed by atoms with Crippen LogP contribution in [0.3, 0.4) is 0 Å². The van der Waals surface area contributed by atoms with Crippen LogP contribution in [0.25, 0.3) is 0 Å². The van der Waals surface area contributed by atoms with E-state index in [0.29, 0.717) is 11.5 Å². The van der Waals surface area contributed by atoms with Crippen molar-refractivity contribution in [2.24, 2.45) is 5.41 Å². The minimum Gasteiger partial charge on any atom is -0.379 e. The number of nitrogens with one attached hydrogen (secondary N) is 1. The zero-order valence-corrected chi connectivity index (χ0v) is 14.4. The molecule has 0 aromatic heterocycles. The van der Waals surface area contributed by atoms with Crippen LogP contribution < -0.4 is 5.32 Å². The van der Waals surface area contributed by atoms with Crippen molar-refractivity contribution >= 4 is 0 Å². The normalized spacial score (nSPS) is 15.8. The van der Waals surface area contributed by atoms with Gasteiger partial charge in [-0.1, -0.05) is 26.7 Å². The lowest BCUT2D eigenvalue weighted by molar-refractivity contribution is 0.0440. The fourth-order valence-electron chi connectivity index (χ4n) is 2.30. The fourth-order valence-corrected chi connectivity index (χ4v) is 2.30. The molecule has 0 spiro atoms. The fraction of sp³-hybridized carbons (Fsp3) is 1.00. The van der Waals surface area contributed by atoms with E-state index in [9.17, 15) is 0 Å². The Balaban J connectivity index is 4.48. The molecule has 0 rings (SSSR count). The van der Waals surface area contributed by atoms with Gasteiger partial charge >= 0.3 is 0 Å². The van der Waals surface area contributed by atoms with Gasteiger partial charge in [-0.3, -0.25) is 0 Å². The van der Waals surface area contributed by atoms with Gasteiger partial charge in [0.15, 0.2) is 0 Å². The summed E-state index contributed by atoms with van der Waals surface area (Å²) < 4.78 is 5.78. The lowest BCUT2D eigenvalue weighted by Gasteiger charge is -2.36. The van der Waals surface area contributed by atoms with Gasteiger partial charge in [-0.05, 0) is 59.3 Å². The molecule has 19 heavy (non-hydrogen) atoms. The van der Waals surface area contributed by atoms with Crippen molar-refractivity contribution in [3.05, 3.63) is 0 Å². The Kier molecular flexibility index (Phi) is 8.93. The van der Waals surface area contributed by atoms with Crippen LogP contribution in [0, 0.1) is 5.41 Å². The molecule has 1 N–H and O–H groups in total. The van der Waals surface area contributed by atoms with Crippen molar-refractivity contribution in [2.75, 3.05) is 13.2 Å². The molecule has 1 unspecified atom stereocenters. The summed E-state index contributed by atoms with van der Waals surface area (Å²) in [4.78, 5) is 0. The maximum atomic E-state index is 5.78. The van der Waals surface area contributed by atoms with Gasteiger partial charge < -0.3 is 10.1 Å². The molecule has 0 bridgehead atoms. The summed E-state index contributed by atoms with van der Waals surface area (Å²) in [5.74, 6) is 0. The summed E-state index contributed by atoms with van der Waals surface area (Å²) in [6.45, 7) is 17.6. The molecule has 2 heteroatoms. The van der Waals surface area contributed by atoms with Crippen molar-refractivity contribution in [1.29, 1.82) is 0 Å². The van der Waals surface area contributed by atoms with Gasteiger partial charge in [0.05, 0.1) is 6.10 Å². The monoisotopic (exact) mass is 271 g/mol. The van der Waals surface area contributed by atoms with E-state index in [4.69, 9.17) is 4.74 Å². The average molecular weight is 271 g/mol. The number of hydrogen-bond acceptors (Lipinski definition) is 2. The van der Waals surface area contributed by atoms with Gasteiger partial charge in [-0.15, -0.1) is 0 Å². The van der Waals surface area contributed by atoms with E-state index in [1.54, 1.807) is 0 Å². The predicted molar refractivity (Wildman–Crippen MR) is 85.7 cm³/mol. The predicted octanol–water partition coefficient (Wildman–Crippen LogP) is 4.78. The average Bonchev–Trinajstić information content (AvgIpc) is 2.31. The van der Waals surface area contributed by atoms with Crippen LogP contribution in [0.15, 0.2) is 0 Å². The summed E-state index contributed by atoms with van der Waals surface area (Å²) >= 11 is 0. The highest BCUT2D eigenvalue weighted by atomic mass is 16.5. The Morgan fingerprint density at radius 3 is 2.11 bits per heavy atom. The standard InChI is InChI=1S/C17H37NO/c1-8-10-11-17(9-2,12-13-19-15(3)4)14-18-16(5,6)7/h15,18H,8-14H2,1-7H3. The highest BCUT2D eigenvalue weighted by Crippen LogP contribution is 2.33. The molecule has 116 valence electrons. The molecule has 1 atom stereocenters. The summed E-state index contributed by atoms with van der Waals surface area (Å²) in [6.07, 6.45) is 6.66. The Bertz CT molecular complexity index is 220. The minimum atomic E-state index is 0.200. The van der Waals surface area contributed by atoms with Gasteiger partial charge in [0.2, 0.25) is 0 Å². The van der Waals surface area contributed by atoms with Crippen molar-refractivity contribution < 1.29 is 4.74 Å². The van der Waals surface area contributed by atoms with Crippen LogP contribution in [0.4, 0.5) is 0 Å². The molecule has 0 radical (unpaired) electrons. The maximum absolute atomic E-state index is 5.78. The zero-order valence-electron chi connectivity index (χ0n) is 14.4. The van der Waals surface area contributed by atoms with Crippen LogP contribution in [0.5, 0.6) is 0 Å². The Hall–Kier alpha value is -0.0800. The summed E-state index contributed by atoms with van der Waals surface area (Å²) in [6, 6.07) is 0. The number of unbranched alkanes of at least 4 members (excludes halogenated alkanes) is 1. The topological polar surface area (TPSA) is 21.3 Å². The first-order chi connectivity index (χ1) is 8.74. The molecule has 0 heterocycles. The smallest absolute Gasteiger partial charge is 0.0518 e. The molecule has 0 aliphatic heterocycles. The lowest BCUT2D eigenvalue weighted by Crippen LogP contribution is -2.44. The van der Waals surface area contributed by atoms with E-state index >= 15 is 0 Å². The number of ether oxygens (including phenoxy) is 1. The van der Waals surface area contributed by atoms with Gasteiger partial charge in [0.25, 0.3) is 0 Å². The molecule has 0 amide bonds. The third-order valence-corrected chi connectivity index (χ3v) is 3.89. The molecule has 2 nitrogen and oxygen atoms in total. The van der Waals surface area contributed by atoms with Crippen molar-refractivity contribution in [3.8, 4) is 0 Å². The molecule has 0 aliphatic rings. The van der Waals surface area contributed by atoms with Crippen LogP contribution in [0.2, 0.25) is 0 Å². The third kappa shape index (κ3) is 9.45. The van der Waals surface area contributed by atoms with E-state index < -0.39 is 0 Å². The Labute approximate surface area is 121 Å². The van der Waals surface area contributed by atoms with E-state index in [-0.39, 0.29) is 5.54 Å². The van der Waals surface area contributed by atoms with Gasteiger partial charge in [-0.2, -0.15) is 0 Å². The number of rotatable bonds is 10. The largest absolute Gasteiger partial charge is 0.379 e. The van der Waals surface area contributed by atoms with Crippen molar-refractivity contribution in [2.45, 2.75) is 92.2 Å². The maximum Gasteiger partial charge on any atom is 0.0518 e. The Morgan fingerprint density at radius 2 is 1.68 bits per heavy atom. The minimum absolute atomic E-state index is 0.200. The number of hydrogen-bond donors (Lipinski definition) is 1. The highest BCUT2D eigenvalue weighted by Gasteiger charge is 2.28. The zero-order chi connectivity index (χ0) is 14.9. The second-order valence-corrected chi connectivity index (χ2v) is 7.23. The quantitative estimate of drug-likeness (QED) is 0.617. The molecule has 0 aromatic rings. The summed E-state index contributed by atoms with van der Waals surface area (Å²) in [5.41, 5.74) is 0.601. The van der Waals surface area contributed by atoms with Crippen LogP contribution in [-0.2, 0) is 4.74 Å². The highest BCUT2D eigenvalue weighted by molar-refractivity contribution is 4.84. The molecule has 0 aliphatic carbocycles. The van der Waals surface area contributed by atoms with E-state index in [2.05, 4.69) is 53.8 Å². The van der Waals surface area contributed by atoms with Crippen LogP contribution in [0.1, 0.15) is 80.6 Å². The third-order valence-electron chi connectivity index (χ3n) is 3.89. The first kappa shape index (κ1) is 18.9. The van der Waals surface area contributed by atoms with E-state index in [1.165, 1.54) is 32.1 Å². The van der Waals surface area contributed by atoms with Gasteiger partial charge in [0, 0.05) is 18.7 Å². The van der Waals surface area contributed by atoms with Crippen LogP contribution in [-0.4, -0.2) is 24.8 Å². The molecular weight excluding hydrogens is 234 g/mol. The van der Waals surface area contributed by atoms with Crippen LogP contribution >= 0.6 is 0 Å². The summed E-state index contributed by atoms with van der Waals surface area (Å²) in [7, 11) is 0. The SMILES string of the molecule is CCCCC(CC)(CCOC(C)C)CNC(C)(C)C. The second-order valence-electron chi connectivity index (χ2n) is 7.23. The van der Waals surface area contributed by atoms with Gasteiger partial charge in [0.1, 0.15) is 0 Å². The molecule has 0 fully saturated rings. The second kappa shape index (κ2) is 8.97. The lowest BCUT2D eigenvalue weighted by atomic mass is 9.77. The molecule has 0 aromatic carbocycles. The Morgan fingerprint density at radius 1 is 1.05 bits per heavy atom.